The van der Waals surface area contributed by atoms with Gasteiger partial charge in [0.15, 0.2) is 6.10 Å². The molecule has 1 aromatic rings. The molecule has 0 spiro atoms. The van der Waals surface area contributed by atoms with Gasteiger partial charge in [-0.05, 0) is 88.7 Å². The van der Waals surface area contributed by atoms with E-state index in [1.165, 1.54) is 56.3 Å². The van der Waals surface area contributed by atoms with Crippen molar-refractivity contribution in [2.24, 2.45) is 0 Å². The molecular formula is C21H32N2O2. The molecule has 1 amide bonds. The van der Waals surface area contributed by atoms with Crippen LogP contribution in [0.1, 0.15) is 56.6 Å². The molecule has 0 saturated carbocycles. The first-order valence-corrected chi connectivity index (χ1v) is 10.0. The van der Waals surface area contributed by atoms with Crippen LogP contribution in [-0.2, 0) is 17.6 Å². The van der Waals surface area contributed by atoms with Gasteiger partial charge >= 0.3 is 0 Å². The van der Waals surface area contributed by atoms with Gasteiger partial charge in [0, 0.05) is 6.54 Å². The lowest BCUT2D eigenvalue weighted by Crippen LogP contribution is -2.38. The van der Waals surface area contributed by atoms with Crippen LogP contribution in [0.25, 0.3) is 0 Å². The van der Waals surface area contributed by atoms with Gasteiger partial charge in [-0.1, -0.05) is 18.6 Å². The number of rotatable bonds is 7. The average Bonchev–Trinajstić information content (AvgIpc) is 2.66. The second-order valence-corrected chi connectivity index (χ2v) is 7.41. The number of nitrogens with one attached hydrogen (secondary N) is 1. The summed E-state index contributed by atoms with van der Waals surface area (Å²) in [5, 5.41) is 3.03. The number of ether oxygens (including phenoxy) is 1. The third-order valence-corrected chi connectivity index (χ3v) is 5.42. The van der Waals surface area contributed by atoms with Crippen molar-refractivity contribution in [1.29, 1.82) is 0 Å². The summed E-state index contributed by atoms with van der Waals surface area (Å²) in [6.07, 6.45) is 9.23. The van der Waals surface area contributed by atoms with Crippen molar-refractivity contribution in [3.05, 3.63) is 29.3 Å². The van der Waals surface area contributed by atoms with E-state index in [-0.39, 0.29) is 5.91 Å². The Bertz CT molecular complexity index is 567. The Balaban J connectivity index is 1.42. The minimum absolute atomic E-state index is 0.00735. The van der Waals surface area contributed by atoms with E-state index in [2.05, 4.69) is 16.3 Å². The lowest BCUT2D eigenvalue weighted by atomic mass is 9.91. The average molecular weight is 344 g/mol. The van der Waals surface area contributed by atoms with Gasteiger partial charge in [0.2, 0.25) is 0 Å². The molecule has 1 fully saturated rings. The zero-order valence-corrected chi connectivity index (χ0v) is 15.6. The fourth-order valence-corrected chi connectivity index (χ4v) is 3.94. The van der Waals surface area contributed by atoms with Crippen LogP contribution in [0.4, 0.5) is 0 Å². The third-order valence-electron chi connectivity index (χ3n) is 5.42. The molecule has 1 N–H and O–H groups in total. The van der Waals surface area contributed by atoms with E-state index in [4.69, 9.17) is 4.74 Å². The van der Waals surface area contributed by atoms with Crippen molar-refractivity contribution in [1.82, 2.24) is 10.2 Å². The van der Waals surface area contributed by atoms with E-state index in [0.29, 0.717) is 0 Å². The molecule has 0 aromatic heterocycles. The zero-order valence-electron chi connectivity index (χ0n) is 15.6. The Kier molecular flexibility index (Phi) is 6.74. The molecule has 1 heterocycles. The van der Waals surface area contributed by atoms with Crippen LogP contribution in [0.5, 0.6) is 5.75 Å². The zero-order chi connectivity index (χ0) is 17.5. The summed E-state index contributed by atoms with van der Waals surface area (Å²) in [6.45, 7) is 6.10. The maximum atomic E-state index is 12.3. The summed E-state index contributed by atoms with van der Waals surface area (Å²) < 4.78 is 6.00. The SMILES string of the molecule is C[C@@H](Oc1cccc2c1CCCC2)C(=O)NCCCN1CCCCC1. The number of hydrogen-bond acceptors (Lipinski definition) is 3. The van der Waals surface area contributed by atoms with E-state index in [0.717, 1.165) is 38.1 Å². The molecule has 0 bridgehead atoms. The van der Waals surface area contributed by atoms with Gasteiger partial charge in [0.05, 0.1) is 0 Å². The molecule has 25 heavy (non-hydrogen) atoms. The van der Waals surface area contributed by atoms with Gasteiger partial charge in [-0.2, -0.15) is 0 Å². The minimum Gasteiger partial charge on any atom is -0.481 e. The minimum atomic E-state index is -0.441. The van der Waals surface area contributed by atoms with E-state index in [1.54, 1.807) is 0 Å². The third kappa shape index (κ3) is 5.21. The number of amides is 1. The Hall–Kier alpha value is -1.55. The van der Waals surface area contributed by atoms with Crippen LogP contribution in [0.2, 0.25) is 0 Å². The summed E-state index contributed by atoms with van der Waals surface area (Å²) in [5.74, 6) is 0.889. The Labute approximate surface area is 151 Å². The second kappa shape index (κ2) is 9.23. The number of carbonyl (C=O) groups excluding carboxylic acids is 1. The summed E-state index contributed by atoms with van der Waals surface area (Å²) in [4.78, 5) is 14.8. The van der Waals surface area contributed by atoms with Crippen molar-refractivity contribution in [3.8, 4) is 5.75 Å². The van der Waals surface area contributed by atoms with Crippen LogP contribution in [0.15, 0.2) is 18.2 Å². The quantitative estimate of drug-likeness (QED) is 0.772. The van der Waals surface area contributed by atoms with Gasteiger partial charge in [0.1, 0.15) is 5.75 Å². The van der Waals surface area contributed by atoms with Crippen LogP contribution >= 0.6 is 0 Å². The largest absolute Gasteiger partial charge is 0.481 e. The summed E-state index contributed by atoms with van der Waals surface area (Å²) in [6, 6.07) is 6.24. The fraction of sp³-hybridized carbons (Fsp3) is 0.667. The van der Waals surface area contributed by atoms with Crippen LogP contribution < -0.4 is 10.1 Å². The first-order chi connectivity index (χ1) is 12.2. The Morgan fingerprint density at radius 3 is 2.80 bits per heavy atom. The number of benzene rings is 1. The van der Waals surface area contributed by atoms with Gasteiger partial charge in [-0.3, -0.25) is 4.79 Å². The molecule has 1 aliphatic heterocycles. The van der Waals surface area contributed by atoms with Crippen molar-refractivity contribution < 1.29 is 9.53 Å². The Morgan fingerprint density at radius 1 is 1.16 bits per heavy atom. The molecule has 4 heteroatoms. The number of piperidine rings is 1. The standard InChI is InChI=1S/C21H32N2O2/c1-17(21(24)22-13-8-16-23-14-5-2-6-15-23)25-20-12-7-10-18-9-3-4-11-19(18)20/h7,10,12,17H,2-6,8-9,11,13-16H2,1H3,(H,22,24)/t17-/m1/s1. The van der Waals surface area contributed by atoms with Gasteiger partial charge in [-0.25, -0.2) is 0 Å². The lowest BCUT2D eigenvalue weighted by molar-refractivity contribution is -0.127. The van der Waals surface area contributed by atoms with E-state index >= 15 is 0 Å². The number of aryl methyl sites for hydroxylation is 1. The maximum Gasteiger partial charge on any atom is 0.260 e. The fourth-order valence-electron chi connectivity index (χ4n) is 3.94. The summed E-state index contributed by atoms with van der Waals surface area (Å²) >= 11 is 0. The topological polar surface area (TPSA) is 41.6 Å². The number of nitrogens with zero attached hydrogens (tertiary/aromatic N) is 1. The molecule has 2 aliphatic rings. The molecule has 138 valence electrons. The van der Waals surface area contributed by atoms with Crippen molar-refractivity contribution >= 4 is 5.91 Å². The number of fused-ring (bicyclic) bond motifs is 1. The van der Waals surface area contributed by atoms with Crippen LogP contribution in [0, 0.1) is 0 Å². The molecule has 1 aliphatic carbocycles. The summed E-state index contributed by atoms with van der Waals surface area (Å²) in [7, 11) is 0. The van der Waals surface area contributed by atoms with E-state index < -0.39 is 6.10 Å². The number of hydrogen-bond donors (Lipinski definition) is 1. The second-order valence-electron chi connectivity index (χ2n) is 7.41. The molecule has 1 saturated heterocycles. The number of carbonyl (C=O) groups is 1. The van der Waals surface area contributed by atoms with Gasteiger partial charge in [-0.15, -0.1) is 0 Å². The van der Waals surface area contributed by atoms with Crippen molar-refractivity contribution in [2.45, 2.75) is 64.4 Å². The highest BCUT2D eigenvalue weighted by atomic mass is 16.5. The van der Waals surface area contributed by atoms with Crippen molar-refractivity contribution in [2.75, 3.05) is 26.2 Å². The highest BCUT2D eigenvalue weighted by Crippen LogP contribution is 2.30. The number of likely N-dealkylation sites (tertiary alicyclic amines) is 1. The molecule has 4 nitrogen and oxygen atoms in total. The van der Waals surface area contributed by atoms with Crippen LogP contribution in [0.3, 0.4) is 0 Å². The first kappa shape index (κ1) is 18.2. The molecule has 0 unspecified atom stereocenters. The van der Waals surface area contributed by atoms with E-state index in [9.17, 15) is 4.79 Å². The Morgan fingerprint density at radius 2 is 1.96 bits per heavy atom. The smallest absolute Gasteiger partial charge is 0.260 e. The predicted octanol–water partition coefficient (Wildman–Crippen LogP) is 3.32. The predicted molar refractivity (Wildman–Crippen MR) is 101 cm³/mol. The normalized spacial score (nSPS) is 19.1. The highest BCUT2D eigenvalue weighted by molar-refractivity contribution is 5.80. The van der Waals surface area contributed by atoms with Gasteiger partial charge < -0.3 is 15.0 Å². The first-order valence-electron chi connectivity index (χ1n) is 10.0. The lowest BCUT2D eigenvalue weighted by Gasteiger charge is -2.26. The van der Waals surface area contributed by atoms with E-state index in [1.807, 2.05) is 19.1 Å². The molecule has 3 rings (SSSR count). The molecule has 0 radical (unpaired) electrons. The maximum absolute atomic E-state index is 12.3. The summed E-state index contributed by atoms with van der Waals surface area (Å²) in [5.41, 5.74) is 2.69. The molecular weight excluding hydrogens is 312 g/mol. The monoisotopic (exact) mass is 344 g/mol. The molecule has 1 aromatic carbocycles. The van der Waals surface area contributed by atoms with Crippen LogP contribution in [-0.4, -0.2) is 43.1 Å². The van der Waals surface area contributed by atoms with Gasteiger partial charge in [0.25, 0.3) is 5.91 Å². The van der Waals surface area contributed by atoms with Crippen molar-refractivity contribution in [3.63, 3.8) is 0 Å². The highest BCUT2D eigenvalue weighted by Gasteiger charge is 2.19. The molecule has 1 atom stereocenters.